The van der Waals surface area contributed by atoms with E-state index < -0.39 is 0 Å². The van der Waals surface area contributed by atoms with Crippen LogP contribution in [0.4, 0.5) is 5.82 Å². The summed E-state index contributed by atoms with van der Waals surface area (Å²) >= 11 is 0. The smallest absolute Gasteiger partial charge is 0.270 e. The van der Waals surface area contributed by atoms with Gasteiger partial charge in [-0.3, -0.25) is 9.48 Å². The summed E-state index contributed by atoms with van der Waals surface area (Å²) in [6.45, 7) is 3.52. The zero-order chi connectivity index (χ0) is 18.1. The molecule has 1 N–H and O–H groups in total. The van der Waals surface area contributed by atoms with Crippen LogP contribution < -0.4 is 10.2 Å². The summed E-state index contributed by atoms with van der Waals surface area (Å²) < 4.78 is 1.77. The number of rotatable bonds is 3. The molecular formula is C17H20N8O. The van der Waals surface area contributed by atoms with Gasteiger partial charge >= 0.3 is 0 Å². The molecule has 4 heterocycles. The summed E-state index contributed by atoms with van der Waals surface area (Å²) in [5, 5.41) is 8.31. The van der Waals surface area contributed by atoms with Crippen LogP contribution in [0, 0.1) is 6.92 Å². The van der Waals surface area contributed by atoms with E-state index in [0.29, 0.717) is 5.69 Å². The number of nitrogens with zero attached hydrogens (tertiary/aromatic N) is 7. The minimum Gasteiger partial charge on any atom is -0.356 e. The van der Waals surface area contributed by atoms with Crippen LogP contribution in [0.25, 0.3) is 11.0 Å². The van der Waals surface area contributed by atoms with Gasteiger partial charge in [0.2, 0.25) is 0 Å². The first-order chi connectivity index (χ1) is 12.6. The van der Waals surface area contributed by atoms with Crippen LogP contribution in [0.15, 0.2) is 24.8 Å². The maximum atomic E-state index is 12.2. The summed E-state index contributed by atoms with van der Waals surface area (Å²) in [5.41, 5.74) is 1.23. The Bertz CT molecular complexity index is 931. The SMILES string of the molecule is Cc1nc(N2CCC(NC(=O)c3ccncn3)CC2)c2cnn(C)c2n1. The summed E-state index contributed by atoms with van der Waals surface area (Å²) in [6.07, 6.45) is 6.46. The average molecular weight is 352 g/mol. The number of amides is 1. The lowest BCUT2D eigenvalue weighted by Gasteiger charge is -2.33. The molecule has 0 atom stereocenters. The molecule has 0 saturated carbocycles. The molecule has 0 spiro atoms. The molecule has 26 heavy (non-hydrogen) atoms. The summed E-state index contributed by atoms with van der Waals surface area (Å²) in [6, 6.07) is 1.74. The first-order valence-electron chi connectivity index (χ1n) is 8.60. The van der Waals surface area contributed by atoms with E-state index in [-0.39, 0.29) is 11.9 Å². The van der Waals surface area contributed by atoms with Gasteiger partial charge in [-0.2, -0.15) is 5.10 Å². The first kappa shape index (κ1) is 16.4. The predicted octanol–water partition coefficient (Wildman–Crippen LogP) is 0.861. The van der Waals surface area contributed by atoms with Gasteiger partial charge in [0.25, 0.3) is 5.91 Å². The average Bonchev–Trinajstić information content (AvgIpc) is 3.03. The molecule has 0 aromatic carbocycles. The second-order valence-corrected chi connectivity index (χ2v) is 6.43. The van der Waals surface area contributed by atoms with Crippen LogP contribution in [0.1, 0.15) is 29.2 Å². The third kappa shape index (κ3) is 3.07. The molecule has 9 heteroatoms. The topological polar surface area (TPSA) is 102 Å². The number of piperidine rings is 1. The van der Waals surface area contributed by atoms with Crippen molar-refractivity contribution in [1.82, 2.24) is 35.0 Å². The standard InChI is InChI=1S/C17H20N8O/c1-11-21-15-13(9-20-24(15)2)16(22-11)25-7-4-12(5-8-25)23-17(26)14-3-6-18-10-19-14/h3,6,9-10,12H,4-5,7-8H2,1-2H3,(H,23,26). The van der Waals surface area contributed by atoms with Crippen molar-refractivity contribution in [3.8, 4) is 0 Å². The Morgan fingerprint density at radius 2 is 2.08 bits per heavy atom. The normalized spacial score (nSPS) is 15.4. The third-order valence-electron chi connectivity index (χ3n) is 4.63. The Morgan fingerprint density at radius 1 is 1.27 bits per heavy atom. The summed E-state index contributed by atoms with van der Waals surface area (Å²) in [5.74, 6) is 1.50. The van der Waals surface area contributed by atoms with Gasteiger partial charge in [-0.05, 0) is 25.8 Å². The molecular weight excluding hydrogens is 332 g/mol. The summed E-state index contributed by atoms with van der Waals surface area (Å²) in [4.78, 5) is 31.4. The maximum Gasteiger partial charge on any atom is 0.270 e. The highest BCUT2D eigenvalue weighted by Crippen LogP contribution is 2.26. The number of carbonyl (C=O) groups is 1. The molecule has 0 unspecified atom stereocenters. The highest BCUT2D eigenvalue weighted by atomic mass is 16.1. The van der Waals surface area contributed by atoms with Crippen LogP contribution in [0.5, 0.6) is 0 Å². The van der Waals surface area contributed by atoms with Gasteiger partial charge < -0.3 is 10.2 Å². The van der Waals surface area contributed by atoms with Gasteiger partial charge in [0.05, 0.1) is 11.6 Å². The van der Waals surface area contributed by atoms with Crippen LogP contribution >= 0.6 is 0 Å². The monoisotopic (exact) mass is 352 g/mol. The number of anilines is 1. The van der Waals surface area contributed by atoms with Crippen molar-refractivity contribution in [2.75, 3.05) is 18.0 Å². The molecule has 4 rings (SSSR count). The van der Waals surface area contributed by atoms with E-state index in [1.54, 1.807) is 16.9 Å². The minimum absolute atomic E-state index is 0.126. The number of fused-ring (bicyclic) bond motifs is 1. The third-order valence-corrected chi connectivity index (χ3v) is 4.63. The van der Waals surface area contributed by atoms with Crippen molar-refractivity contribution in [3.05, 3.63) is 36.3 Å². The van der Waals surface area contributed by atoms with E-state index in [0.717, 1.165) is 48.6 Å². The number of aromatic nitrogens is 6. The van der Waals surface area contributed by atoms with Crippen molar-refractivity contribution < 1.29 is 4.79 Å². The lowest BCUT2D eigenvalue weighted by Crippen LogP contribution is -2.45. The number of nitrogens with one attached hydrogen (secondary N) is 1. The molecule has 0 radical (unpaired) electrons. The van der Waals surface area contributed by atoms with Gasteiger partial charge in [-0.25, -0.2) is 19.9 Å². The Balaban J connectivity index is 1.45. The quantitative estimate of drug-likeness (QED) is 0.746. The number of hydrogen-bond donors (Lipinski definition) is 1. The van der Waals surface area contributed by atoms with Crippen LogP contribution in [0.3, 0.4) is 0 Å². The second kappa shape index (κ2) is 6.66. The Kier molecular flexibility index (Phi) is 4.19. The molecule has 0 aliphatic carbocycles. The highest BCUT2D eigenvalue weighted by molar-refractivity contribution is 5.92. The van der Waals surface area contributed by atoms with Crippen molar-refractivity contribution in [2.45, 2.75) is 25.8 Å². The van der Waals surface area contributed by atoms with Gasteiger partial charge in [0, 0.05) is 32.4 Å². The molecule has 134 valence electrons. The number of hydrogen-bond acceptors (Lipinski definition) is 7. The Hall–Kier alpha value is -3.10. The lowest BCUT2D eigenvalue weighted by molar-refractivity contribution is 0.0926. The van der Waals surface area contributed by atoms with Crippen LogP contribution in [-0.2, 0) is 7.05 Å². The molecule has 1 aliphatic heterocycles. The maximum absolute atomic E-state index is 12.2. The highest BCUT2D eigenvalue weighted by Gasteiger charge is 2.24. The zero-order valence-corrected chi connectivity index (χ0v) is 14.8. The largest absolute Gasteiger partial charge is 0.356 e. The van der Waals surface area contributed by atoms with Crippen molar-refractivity contribution in [1.29, 1.82) is 0 Å². The summed E-state index contributed by atoms with van der Waals surface area (Å²) in [7, 11) is 1.88. The molecule has 1 fully saturated rings. The Morgan fingerprint density at radius 3 is 2.81 bits per heavy atom. The van der Waals surface area contributed by atoms with Gasteiger partial charge in [0.15, 0.2) is 5.65 Å². The van der Waals surface area contributed by atoms with E-state index in [1.807, 2.05) is 20.2 Å². The van der Waals surface area contributed by atoms with E-state index in [4.69, 9.17) is 0 Å². The fraction of sp³-hybridized carbons (Fsp3) is 0.412. The first-order valence-corrected chi connectivity index (χ1v) is 8.60. The van der Waals surface area contributed by atoms with E-state index in [9.17, 15) is 4.79 Å². The van der Waals surface area contributed by atoms with Gasteiger partial charge in [-0.1, -0.05) is 0 Å². The van der Waals surface area contributed by atoms with Crippen molar-refractivity contribution in [2.24, 2.45) is 7.05 Å². The molecule has 0 bridgehead atoms. The molecule has 3 aromatic heterocycles. The van der Waals surface area contributed by atoms with E-state index >= 15 is 0 Å². The molecule has 3 aromatic rings. The fourth-order valence-electron chi connectivity index (χ4n) is 3.27. The van der Waals surface area contributed by atoms with Crippen molar-refractivity contribution >= 4 is 22.8 Å². The second-order valence-electron chi connectivity index (χ2n) is 6.43. The lowest BCUT2D eigenvalue weighted by atomic mass is 10.0. The minimum atomic E-state index is -0.154. The Labute approximate surface area is 150 Å². The van der Waals surface area contributed by atoms with Gasteiger partial charge in [-0.15, -0.1) is 0 Å². The molecule has 1 aliphatic rings. The van der Waals surface area contributed by atoms with Gasteiger partial charge in [0.1, 0.15) is 23.7 Å². The molecule has 9 nitrogen and oxygen atoms in total. The molecule has 1 amide bonds. The predicted molar refractivity (Wildman–Crippen MR) is 95.8 cm³/mol. The fourth-order valence-corrected chi connectivity index (χ4v) is 3.27. The van der Waals surface area contributed by atoms with Crippen LogP contribution in [-0.4, -0.2) is 54.8 Å². The number of carbonyl (C=O) groups excluding carboxylic acids is 1. The van der Waals surface area contributed by atoms with E-state index in [1.165, 1.54) is 6.33 Å². The zero-order valence-electron chi connectivity index (χ0n) is 14.8. The van der Waals surface area contributed by atoms with E-state index in [2.05, 4.69) is 35.3 Å². The van der Waals surface area contributed by atoms with Crippen molar-refractivity contribution in [3.63, 3.8) is 0 Å². The molecule has 1 saturated heterocycles. The number of aryl methyl sites for hydroxylation is 2. The van der Waals surface area contributed by atoms with Crippen LogP contribution in [0.2, 0.25) is 0 Å².